The predicted molar refractivity (Wildman–Crippen MR) is 86.9 cm³/mol. The van der Waals surface area contributed by atoms with Crippen LogP contribution in [0.15, 0.2) is 30.3 Å². The molecule has 0 saturated heterocycles. The number of fused-ring (bicyclic) bond motifs is 1. The van der Waals surface area contributed by atoms with Gasteiger partial charge in [-0.2, -0.15) is 0 Å². The van der Waals surface area contributed by atoms with Gasteiger partial charge in [-0.25, -0.2) is 0 Å². The molecule has 0 amide bonds. The zero-order valence-corrected chi connectivity index (χ0v) is 13.1. The molecule has 104 valence electrons. The van der Waals surface area contributed by atoms with E-state index < -0.39 is 0 Å². The van der Waals surface area contributed by atoms with E-state index >= 15 is 0 Å². The first-order chi connectivity index (χ1) is 9.30. The van der Waals surface area contributed by atoms with E-state index in [4.69, 9.17) is 0 Å². The second kappa shape index (κ2) is 7.06. The summed E-state index contributed by atoms with van der Waals surface area (Å²) >= 11 is 1.95. The molecule has 2 rings (SSSR count). The summed E-state index contributed by atoms with van der Waals surface area (Å²) in [6.45, 7) is 7.96. The van der Waals surface area contributed by atoms with E-state index in [0.29, 0.717) is 6.04 Å². The minimum absolute atomic E-state index is 0.521. The summed E-state index contributed by atoms with van der Waals surface area (Å²) in [5.41, 5.74) is 0. The molecule has 1 aromatic heterocycles. The standard InChI is InChI=1S/C17H25NS/c1-4-11-18-17(13(5-2)6-3)16-12-14-9-7-8-10-15(14)19-16/h7-10,12-13,17-18H,4-6,11H2,1-3H3. The zero-order chi connectivity index (χ0) is 13.7. The van der Waals surface area contributed by atoms with Crippen LogP contribution in [0.3, 0.4) is 0 Å². The highest BCUT2D eigenvalue weighted by Crippen LogP contribution is 2.35. The maximum atomic E-state index is 3.76. The molecule has 0 aliphatic rings. The van der Waals surface area contributed by atoms with Crippen LogP contribution in [0, 0.1) is 5.92 Å². The molecule has 2 aromatic rings. The Kier molecular flexibility index (Phi) is 5.41. The van der Waals surface area contributed by atoms with Crippen molar-refractivity contribution in [3.8, 4) is 0 Å². The minimum atomic E-state index is 0.521. The Labute approximate surface area is 121 Å². The SMILES string of the molecule is CCCNC(c1cc2ccccc2s1)C(CC)CC. The van der Waals surface area contributed by atoms with Gasteiger partial charge in [0.1, 0.15) is 0 Å². The molecule has 0 aliphatic carbocycles. The van der Waals surface area contributed by atoms with E-state index in [2.05, 4.69) is 56.4 Å². The molecule has 1 N–H and O–H groups in total. The van der Waals surface area contributed by atoms with Gasteiger partial charge in [0.25, 0.3) is 0 Å². The smallest absolute Gasteiger partial charge is 0.0443 e. The largest absolute Gasteiger partial charge is 0.309 e. The van der Waals surface area contributed by atoms with Gasteiger partial charge in [0.15, 0.2) is 0 Å². The van der Waals surface area contributed by atoms with Crippen molar-refractivity contribution in [2.45, 2.75) is 46.1 Å². The average molecular weight is 275 g/mol. The lowest BCUT2D eigenvalue weighted by atomic mass is 9.92. The molecule has 1 aromatic carbocycles. The first-order valence-corrected chi connectivity index (χ1v) is 8.33. The fourth-order valence-corrected chi connectivity index (χ4v) is 3.95. The maximum Gasteiger partial charge on any atom is 0.0443 e. The molecule has 0 fully saturated rings. The summed E-state index contributed by atoms with van der Waals surface area (Å²) in [7, 11) is 0. The number of benzene rings is 1. The lowest BCUT2D eigenvalue weighted by Crippen LogP contribution is -2.27. The molecule has 0 saturated carbocycles. The zero-order valence-electron chi connectivity index (χ0n) is 12.3. The monoisotopic (exact) mass is 275 g/mol. The van der Waals surface area contributed by atoms with E-state index in [1.807, 2.05) is 11.3 Å². The van der Waals surface area contributed by atoms with Crippen molar-refractivity contribution in [3.63, 3.8) is 0 Å². The van der Waals surface area contributed by atoms with Crippen LogP contribution in [0.5, 0.6) is 0 Å². The Hall–Kier alpha value is -0.860. The van der Waals surface area contributed by atoms with Gasteiger partial charge in [-0.05, 0) is 36.4 Å². The number of nitrogens with one attached hydrogen (secondary N) is 1. The number of rotatable bonds is 7. The predicted octanol–water partition coefficient (Wildman–Crippen LogP) is 5.38. The van der Waals surface area contributed by atoms with E-state index in [1.165, 1.54) is 34.2 Å². The molecule has 1 heterocycles. The van der Waals surface area contributed by atoms with E-state index in [1.54, 1.807) is 0 Å². The van der Waals surface area contributed by atoms with Gasteiger partial charge in [-0.3, -0.25) is 0 Å². The Bertz CT molecular complexity index is 466. The van der Waals surface area contributed by atoms with Gasteiger partial charge in [0.05, 0.1) is 0 Å². The quantitative estimate of drug-likeness (QED) is 0.715. The van der Waals surface area contributed by atoms with Crippen LogP contribution in [0.1, 0.15) is 51.0 Å². The summed E-state index contributed by atoms with van der Waals surface area (Å²) in [6, 6.07) is 11.6. The van der Waals surface area contributed by atoms with Crippen molar-refractivity contribution in [2.75, 3.05) is 6.54 Å². The highest BCUT2D eigenvalue weighted by molar-refractivity contribution is 7.19. The lowest BCUT2D eigenvalue weighted by molar-refractivity contribution is 0.346. The fourth-order valence-electron chi connectivity index (χ4n) is 2.72. The summed E-state index contributed by atoms with van der Waals surface area (Å²) in [4.78, 5) is 1.50. The maximum absolute atomic E-state index is 3.76. The van der Waals surface area contributed by atoms with Gasteiger partial charge in [0, 0.05) is 15.6 Å². The highest BCUT2D eigenvalue weighted by atomic mass is 32.1. The Morgan fingerprint density at radius 2 is 1.84 bits per heavy atom. The molecule has 1 unspecified atom stereocenters. The topological polar surface area (TPSA) is 12.0 Å². The molecule has 0 bridgehead atoms. The second-order valence-corrected chi connectivity index (χ2v) is 6.31. The second-order valence-electron chi connectivity index (χ2n) is 5.19. The van der Waals surface area contributed by atoms with Crippen LogP contribution >= 0.6 is 11.3 Å². The third kappa shape index (κ3) is 3.37. The first-order valence-electron chi connectivity index (χ1n) is 7.52. The van der Waals surface area contributed by atoms with Crippen molar-refractivity contribution < 1.29 is 0 Å². The third-order valence-electron chi connectivity index (χ3n) is 3.89. The minimum Gasteiger partial charge on any atom is -0.309 e. The molecule has 0 aliphatic heterocycles. The van der Waals surface area contributed by atoms with Crippen LogP contribution in [-0.4, -0.2) is 6.54 Å². The number of thiophene rings is 1. The molecule has 0 spiro atoms. The highest BCUT2D eigenvalue weighted by Gasteiger charge is 2.21. The average Bonchev–Trinajstić information content (AvgIpc) is 2.87. The lowest BCUT2D eigenvalue weighted by Gasteiger charge is -2.25. The molecule has 1 atom stereocenters. The fraction of sp³-hybridized carbons (Fsp3) is 0.529. The molecule has 2 heteroatoms. The third-order valence-corrected chi connectivity index (χ3v) is 5.08. The molecule has 0 radical (unpaired) electrons. The number of hydrogen-bond acceptors (Lipinski definition) is 2. The number of hydrogen-bond donors (Lipinski definition) is 1. The van der Waals surface area contributed by atoms with Crippen molar-refractivity contribution in [1.82, 2.24) is 5.32 Å². The van der Waals surface area contributed by atoms with Crippen LogP contribution in [0.25, 0.3) is 10.1 Å². The molecule has 19 heavy (non-hydrogen) atoms. The summed E-state index contributed by atoms with van der Waals surface area (Å²) < 4.78 is 1.41. The van der Waals surface area contributed by atoms with Gasteiger partial charge < -0.3 is 5.32 Å². The van der Waals surface area contributed by atoms with Gasteiger partial charge in [-0.1, -0.05) is 51.8 Å². The van der Waals surface area contributed by atoms with Gasteiger partial charge in [0.2, 0.25) is 0 Å². The summed E-state index contributed by atoms with van der Waals surface area (Å²) in [6.07, 6.45) is 3.68. The van der Waals surface area contributed by atoms with Crippen molar-refractivity contribution in [1.29, 1.82) is 0 Å². The van der Waals surface area contributed by atoms with Gasteiger partial charge >= 0.3 is 0 Å². The van der Waals surface area contributed by atoms with Crippen molar-refractivity contribution in [2.24, 2.45) is 5.92 Å². The Balaban J connectivity index is 2.30. The summed E-state index contributed by atoms with van der Waals surface area (Å²) in [5, 5.41) is 5.14. The van der Waals surface area contributed by atoms with Crippen LogP contribution in [0.2, 0.25) is 0 Å². The summed E-state index contributed by atoms with van der Waals surface area (Å²) in [5.74, 6) is 0.736. The molecular formula is C17H25NS. The van der Waals surface area contributed by atoms with Crippen molar-refractivity contribution >= 4 is 21.4 Å². The molecule has 1 nitrogen and oxygen atoms in total. The molecular weight excluding hydrogens is 250 g/mol. The van der Waals surface area contributed by atoms with Crippen LogP contribution in [-0.2, 0) is 0 Å². The van der Waals surface area contributed by atoms with E-state index in [9.17, 15) is 0 Å². The van der Waals surface area contributed by atoms with E-state index in [-0.39, 0.29) is 0 Å². The van der Waals surface area contributed by atoms with Gasteiger partial charge in [-0.15, -0.1) is 11.3 Å². The van der Waals surface area contributed by atoms with E-state index in [0.717, 1.165) is 12.5 Å². The first kappa shape index (κ1) is 14.5. The van der Waals surface area contributed by atoms with Crippen molar-refractivity contribution in [3.05, 3.63) is 35.2 Å². The Morgan fingerprint density at radius 1 is 1.11 bits per heavy atom. The van der Waals surface area contributed by atoms with Crippen LogP contribution < -0.4 is 5.32 Å². The van der Waals surface area contributed by atoms with Crippen LogP contribution in [0.4, 0.5) is 0 Å². The Morgan fingerprint density at radius 3 is 2.47 bits per heavy atom. The normalized spacial score (nSPS) is 13.3.